The summed E-state index contributed by atoms with van der Waals surface area (Å²) in [4.78, 5) is 41.1. The van der Waals surface area contributed by atoms with E-state index >= 15 is 0 Å². The number of carboxylic acid groups (broad SMARTS) is 1. The van der Waals surface area contributed by atoms with E-state index in [2.05, 4.69) is 15.3 Å². The molecule has 0 fully saturated rings. The maximum Gasteiger partial charge on any atom is 0.346 e. The van der Waals surface area contributed by atoms with Crippen LogP contribution in [-0.4, -0.2) is 33.0 Å². The number of amides is 1. The van der Waals surface area contributed by atoms with Crippen molar-refractivity contribution >= 4 is 22.8 Å². The molecule has 1 aromatic heterocycles. The lowest BCUT2D eigenvalue weighted by Crippen LogP contribution is -2.41. The number of H-pyrrole nitrogens is 1. The van der Waals surface area contributed by atoms with Crippen LogP contribution >= 0.6 is 0 Å². The molecule has 1 aromatic carbocycles. The minimum Gasteiger partial charge on any atom is -0.481 e. The standard InChI is InChI=1S/C15H17N3O4/c1-8(2)11(7-12(19)20)16-14(21)13-9-5-3-4-6-10(9)17-15(22)18-13/h3-6,8,11H,7H2,1-2H3,(H,16,21)(H,19,20)(H,17,18,22)/t11-/m0/s1. The average Bonchev–Trinajstić information content (AvgIpc) is 2.44. The third-order valence-corrected chi connectivity index (χ3v) is 3.37. The number of aromatic amines is 1. The van der Waals surface area contributed by atoms with E-state index in [0.717, 1.165) is 0 Å². The number of fused-ring (bicyclic) bond motifs is 1. The number of hydrogen-bond donors (Lipinski definition) is 3. The molecule has 0 spiro atoms. The molecule has 2 aromatic rings. The van der Waals surface area contributed by atoms with Crippen molar-refractivity contribution in [3.8, 4) is 0 Å². The zero-order valence-corrected chi connectivity index (χ0v) is 12.3. The second kappa shape index (κ2) is 6.38. The van der Waals surface area contributed by atoms with Gasteiger partial charge in [0.1, 0.15) is 5.69 Å². The summed E-state index contributed by atoms with van der Waals surface area (Å²) in [5.74, 6) is -1.61. The van der Waals surface area contributed by atoms with E-state index in [4.69, 9.17) is 5.11 Å². The number of carbonyl (C=O) groups is 2. The van der Waals surface area contributed by atoms with Crippen LogP contribution in [0.3, 0.4) is 0 Å². The molecular weight excluding hydrogens is 286 g/mol. The van der Waals surface area contributed by atoms with Crippen LogP contribution in [0, 0.1) is 5.92 Å². The van der Waals surface area contributed by atoms with E-state index in [-0.39, 0.29) is 18.0 Å². The summed E-state index contributed by atoms with van der Waals surface area (Å²) in [6, 6.07) is 6.28. The SMILES string of the molecule is CC(C)[C@H](CC(=O)O)NC(=O)c1nc(=O)[nH]c2ccccc12. The molecule has 3 N–H and O–H groups in total. The van der Waals surface area contributed by atoms with Crippen LogP contribution in [0.2, 0.25) is 0 Å². The van der Waals surface area contributed by atoms with Gasteiger partial charge in [0.25, 0.3) is 5.91 Å². The number of carbonyl (C=O) groups excluding carboxylic acids is 1. The van der Waals surface area contributed by atoms with Crippen LogP contribution in [0.15, 0.2) is 29.1 Å². The molecule has 0 saturated heterocycles. The molecule has 0 aliphatic rings. The fourth-order valence-corrected chi connectivity index (χ4v) is 2.15. The molecular formula is C15H17N3O4. The van der Waals surface area contributed by atoms with Crippen molar-refractivity contribution in [1.29, 1.82) is 0 Å². The van der Waals surface area contributed by atoms with E-state index in [1.807, 2.05) is 13.8 Å². The Balaban J connectivity index is 2.37. The van der Waals surface area contributed by atoms with Gasteiger partial charge in [0, 0.05) is 11.4 Å². The summed E-state index contributed by atoms with van der Waals surface area (Å²) in [6.07, 6.45) is -0.190. The Hall–Kier alpha value is -2.70. The van der Waals surface area contributed by atoms with E-state index in [9.17, 15) is 14.4 Å². The maximum absolute atomic E-state index is 12.4. The number of nitrogens with zero attached hydrogens (tertiary/aromatic N) is 1. The molecule has 7 nitrogen and oxygen atoms in total. The average molecular weight is 303 g/mol. The number of carboxylic acids is 1. The largest absolute Gasteiger partial charge is 0.481 e. The lowest BCUT2D eigenvalue weighted by Gasteiger charge is -2.20. The lowest BCUT2D eigenvalue weighted by molar-refractivity contribution is -0.137. The second-order valence-corrected chi connectivity index (χ2v) is 5.36. The molecule has 7 heteroatoms. The van der Waals surface area contributed by atoms with Gasteiger partial charge in [-0.2, -0.15) is 4.98 Å². The van der Waals surface area contributed by atoms with Crippen LogP contribution in [0.25, 0.3) is 10.9 Å². The molecule has 1 heterocycles. The lowest BCUT2D eigenvalue weighted by atomic mass is 10.0. The zero-order chi connectivity index (χ0) is 16.3. The number of benzene rings is 1. The summed E-state index contributed by atoms with van der Waals surface area (Å²) in [7, 11) is 0. The first kappa shape index (κ1) is 15.7. The van der Waals surface area contributed by atoms with Crippen LogP contribution in [-0.2, 0) is 4.79 Å². The summed E-state index contributed by atoms with van der Waals surface area (Å²) >= 11 is 0. The number of aliphatic carboxylic acids is 1. The van der Waals surface area contributed by atoms with Crippen molar-refractivity contribution in [3.05, 3.63) is 40.4 Å². The number of rotatable bonds is 5. The predicted octanol–water partition coefficient (Wildman–Crippen LogP) is 1.15. The summed E-state index contributed by atoms with van der Waals surface area (Å²) in [5, 5.41) is 12.1. The number of hydrogen-bond acceptors (Lipinski definition) is 4. The van der Waals surface area contributed by atoms with Crippen molar-refractivity contribution in [3.63, 3.8) is 0 Å². The normalized spacial score (nSPS) is 12.3. The highest BCUT2D eigenvalue weighted by atomic mass is 16.4. The highest BCUT2D eigenvalue weighted by Crippen LogP contribution is 2.14. The minimum absolute atomic E-state index is 0.00427. The van der Waals surface area contributed by atoms with E-state index in [0.29, 0.717) is 10.9 Å². The van der Waals surface area contributed by atoms with Crippen LogP contribution in [0.4, 0.5) is 0 Å². The van der Waals surface area contributed by atoms with Gasteiger partial charge in [-0.1, -0.05) is 32.0 Å². The Morgan fingerprint density at radius 1 is 1.32 bits per heavy atom. The number of nitrogens with one attached hydrogen (secondary N) is 2. The molecule has 1 amide bonds. The third-order valence-electron chi connectivity index (χ3n) is 3.37. The van der Waals surface area contributed by atoms with Gasteiger partial charge >= 0.3 is 11.7 Å². The molecule has 2 rings (SSSR count). The monoisotopic (exact) mass is 303 g/mol. The fourth-order valence-electron chi connectivity index (χ4n) is 2.15. The van der Waals surface area contributed by atoms with Crippen molar-refractivity contribution in [1.82, 2.24) is 15.3 Å². The van der Waals surface area contributed by atoms with E-state index in [1.165, 1.54) is 0 Å². The highest BCUT2D eigenvalue weighted by Gasteiger charge is 2.22. The zero-order valence-electron chi connectivity index (χ0n) is 12.3. The molecule has 22 heavy (non-hydrogen) atoms. The topological polar surface area (TPSA) is 112 Å². The Labute approximate surface area is 126 Å². The van der Waals surface area contributed by atoms with E-state index in [1.54, 1.807) is 24.3 Å². The summed E-state index contributed by atoms with van der Waals surface area (Å²) in [5.41, 5.74) is -0.120. The highest BCUT2D eigenvalue weighted by molar-refractivity contribution is 6.04. The maximum atomic E-state index is 12.4. The smallest absolute Gasteiger partial charge is 0.346 e. The van der Waals surface area contributed by atoms with Crippen molar-refractivity contribution in [2.45, 2.75) is 26.3 Å². The molecule has 0 bridgehead atoms. The molecule has 0 aliphatic heterocycles. The van der Waals surface area contributed by atoms with Gasteiger partial charge in [-0.15, -0.1) is 0 Å². The van der Waals surface area contributed by atoms with Gasteiger partial charge in [0.2, 0.25) is 0 Å². The summed E-state index contributed by atoms with van der Waals surface area (Å²) in [6.45, 7) is 3.63. The predicted molar refractivity (Wildman–Crippen MR) is 80.7 cm³/mol. The van der Waals surface area contributed by atoms with Crippen molar-refractivity contribution in [2.75, 3.05) is 0 Å². The fraction of sp³-hybridized carbons (Fsp3) is 0.333. The minimum atomic E-state index is -0.997. The van der Waals surface area contributed by atoms with Gasteiger partial charge < -0.3 is 15.4 Å². The first-order valence-corrected chi connectivity index (χ1v) is 6.90. The second-order valence-electron chi connectivity index (χ2n) is 5.36. The number of para-hydroxylation sites is 1. The molecule has 0 aliphatic carbocycles. The van der Waals surface area contributed by atoms with Gasteiger partial charge in [-0.05, 0) is 12.0 Å². The molecule has 1 atom stereocenters. The van der Waals surface area contributed by atoms with E-state index < -0.39 is 23.6 Å². The van der Waals surface area contributed by atoms with Gasteiger partial charge in [0.15, 0.2) is 0 Å². The Morgan fingerprint density at radius 3 is 2.64 bits per heavy atom. The van der Waals surface area contributed by atoms with Gasteiger partial charge in [0.05, 0.1) is 11.9 Å². The number of aromatic nitrogens is 2. The molecule has 0 radical (unpaired) electrons. The Morgan fingerprint density at radius 2 is 2.00 bits per heavy atom. The quantitative estimate of drug-likeness (QED) is 0.767. The first-order valence-electron chi connectivity index (χ1n) is 6.90. The third kappa shape index (κ3) is 3.49. The van der Waals surface area contributed by atoms with Crippen molar-refractivity contribution < 1.29 is 14.7 Å². The van der Waals surface area contributed by atoms with Crippen LogP contribution < -0.4 is 11.0 Å². The first-order chi connectivity index (χ1) is 10.4. The Kier molecular flexibility index (Phi) is 4.55. The Bertz CT molecular complexity index is 767. The molecule has 116 valence electrons. The van der Waals surface area contributed by atoms with Gasteiger partial charge in [-0.3, -0.25) is 9.59 Å². The molecule has 0 unspecified atom stereocenters. The van der Waals surface area contributed by atoms with Crippen LogP contribution in [0.1, 0.15) is 30.8 Å². The van der Waals surface area contributed by atoms with Gasteiger partial charge in [-0.25, -0.2) is 4.79 Å². The van der Waals surface area contributed by atoms with Crippen LogP contribution in [0.5, 0.6) is 0 Å². The molecule has 0 saturated carbocycles. The summed E-state index contributed by atoms with van der Waals surface area (Å²) < 4.78 is 0. The van der Waals surface area contributed by atoms with Crippen molar-refractivity contribution in [2.24, 2.45) is 5.92 Å².